The Hall–Kier alpha value is -2.30. The van der Waals surface area contributed by atoms with Gasteiger partial charge in [-0.3, -0.25) is 4.79 Å². The standard InChI is InChI=1S/C16H20N2O3/c1-11(2)7-10-17-15(21)18-13-5-3-12(4-6-13)16(8-9-16)14(19)20/h3-7H,8-10H2,1-2H3,(H,19,20)(H2,17,18,21). The summed E-state index contributed by atoms with van der Waals surface area (Å²) in [5.41, 5.74) is 1.88. The SMILES string of the molecule is CC(C)=CCNC(=O)Nc1ccc(C2(C(=O)O)CC2)cc1. The Morgan fingerprint density at radius 1 is 1.24 bits per heavy atom. The summed E-state index contributed by atoms with van der Waals surface area (Å²) in [6.45, 7) is 4.41. The van der Waals surface area contributed by atoms with Crippen molar-refractivity contribution in [3.63, 3.8) is 0 Å². The number of benzene rings is 1. The molecule has 1 aromatic carbocycles. The second kappa shape index (κ2) is 5.99. The Morgan fingerprint density at radius 2 is 1.86 bits per heavy atom. The number of hydrogen-bond donors (Lipinski definition) is 3. The minimum atomic E-state index is -0.775. The second-order valence-electron chi connectivity index (χ2n) is 5.58. The number of allylic oxidation sites excluding steroid dienone is 1. The molecule has 1 saturated carbocycles. The van der Waals surface area contributed by atoms with Gasteiger partial charge in [0.2, 0.25) is 0 Å². The van der Waals surface area contributed by atoms with Crippen molar-refractivity contribution in [3.05, 3.63) is 41.5 Å². The Kier molecular flexibility index (Phi) is 4.31. The first-order valence-electron chi connectivity index (χ1n) is 6.96. The summed E-state index contributed by atoms with van der Waals surface area (Å²) in [4.78, 5) is 22.9. The Labute approximate surface area is 124 Å². The minimum Gasteiger partial charge on any atom is -0.481 e. The summed E-state index contributed by atoms with van der Waals surface area (Å²) in [6, 6.07) is 6.73. The number of carbonyl (C=O) groups is 2. The van der Waals surface area contributed by atoms with Crippen LogP contribution in [0.4, 0.5) is 10.5 Å². The van der Waals surface area contributed by atoms with Gasteiger partial charge in [-0.15, -0.1) is 0 Å². The fraction of sp³-hybridized carbons (Fsp3) is 0.375. The van der Waals surface area contributed by atoms with E-state index in [2.05, 4.69) is 10.6 Å². The molecule has 1 aliphatic rings. The Balaban J connectivity index is 1.93. The fourth-order valence-corrected chi connectivity index (χ4v) is 2.15. The van der Waals surface area contributed by atoms with Gasteiger partial charge in [0.15, 0.2) is 0 Å². The van der Waals surface area contributed by atoms with Crippen molar-refractivity contribution >= 4 is 17.7 Å². The number of urea groups is 1. The molecule has 1 aliphatic carbocycles. The highest BCUT2D eigenvalue weighted by Gasteiger charge is 2.51. The molecule has 1 aromatic rings. The third kappa shape index (κ3) is 3.62. The molecule has 112 valence electrons. The van der Waals surface area contributed by atoms with Crippen LogP contribution < -0.4 is 10.6 Å². The molecule has 2 rings (SSSR count). The zero-order chi connectivity index (χ0) is 15.5. The number of amides is 2. The molecule has 2 amide bonds. The monoisotopic (exact) mass is 288 g/mol. The molecule has 5 heteroatoms. The number of aliphatic carboxylic acids is 1. The molecule has 0 aliphatic heterocycles. The molecule has 0 radical (unpaired) electrons. The highest BCUT2D eigenvalue weighted by Crippen LogP contribution is 2.48. The number of nitrogens with one attached hydrogen (secondary N) is 2. The predicted molar refractivity (Wildman–Crippen MR) is 81.4 cm³/mol. The summed E-state index contributed by atoms with van der Waals surface area (Å²) in [5.74, 6) is -0.775. The minimum absolute atomic E-state index is 0.278. The number of rotatable bonds is 5. The van der Waals surface area contributed by atoms with E-state index in [9.17, 15) is 14.7 Å². The van der Waals surface area contributed by atoms with Crippen LogP contribution in [0.15, 0.2) is 35.9 Å². The van der Waals surface area contributed by atoms with Gasteiger partial charge < -0.3 is 15.7 Å². The van der Waals surface area contributed by atoms with Crippen molar-refractivity contribution < 1.29 is 14.7 Å². The van der Waals surface area contributed by atoms with Crippen LogP contribution in [0.3, 0.4) is 0 Å². The average Bonchev–Trinajstić information content (AvgIpc) is 3.20. The van der Waals surface area contributed by atoms with E-state index in [-0.39, 0.29) is 6.03 Å². The van der Waals surface area contributed by atoms with E-state index in [1.165, 1.54) is 0 Å². The molecule has 1 fully saturated rings. The van der Waals surface area contributed by atoms with Gasteiger partial charge in [-0.1, -0.05) is 23.8 Å². The van der Waals surface area contributed by atoms with E-state index in [0.29, 0.717) is 25.1 Å². The highest BCUT2D eigenvalue weighted by molar-refractivity contribution is 5.90. The maximum absolute atomic E-state index is 11.7. The van der Waals surface area contributed by atoms with Crippen LogP contribution in [0.2, 0.25) is 0 Å². The average molecular weight is 288 g/mol. The zero-order valence-corrected chi connectivity index (χ0v) is 12.3. The highest BCUT2D eigenvalue weighted by atomic mass is 16.4. The summed E-state index contributed by atoms with van der Waals surface area (Å²) in [5, 5.41) is 14.7. The molecule has 0 spiro atoms. The Bertz CT molecular complexity index is 568. The second-order valence-corrected chi connectivity index (χ2v) is 5.58. The first kappa shape index (κ1) is 15.1. The van der Waals surface area contributed by atoms with E-state index < -0.39 is 11.4 Å². The van der Waals surface area contributed by atoms with Crippen molar-refractivity contribution in [1.29, 1.82) is 0 Å². The van der Waals surface area contributed by atoms with Crippen LogP contribution in [0.1, 0.15) is 32.3 Å². The Morgan fingerprint density at radius 3 is 2.33 bits per heavy atom. The van der Waals surface area contributed by atoms with Crippen molar-refractivity contribution in [3.8, 4) is 0 Å². The maximum atomic E-state index is 11.7. The summed E-state index contributed by atoms with van der Waals surface area (Å²) in [7, 11) is 0. The number of carboxylic acids is 1. The van der Waals surface area contributed by atoms with Crippen LogP contribution in [-0.4, -0.2) is 23.7 Å². The lowest BCUT2D eigenvalue weighted by Crippen LogP contribution is -2.28. The van der Waals surface area contributed by atoms with Crippen molar-refractivity contribution in [2.24, 2.45) is 0 Å². The molecule has 5 nitrogen and oxygen atoms in total. The van der Waals surface area contributed by atoms with Gasteiger partial charge in [-0.25, -0.2) is 4.79 Å². The lowest BCUT2D eigenvalue weighted by molar-refractivity contribution is -0.140. The van der Waals surface area contributed by atoms with Crippen LogP contribution in [0.25, 0.3) is 0 Å². The molecular weight excluding hydrogens is 268 g/mol. The molecule has 0 bridgehead atoms. The van der Waals surface area contributed by atoms with Gasteiger partial charge in [0, 0.05) is 12.2 Å². The van der Waals surface area contributed by atoms with E-state index in [1.54, 1.807) is 24.3 Å². The summed E-state index contributed by atoms with van der Waals surface area (Å²) >= 11 is 0. The van der Waals surface area contributed by atoms with Crippen LogP contribution in [0, 0.1) is 0 Å². The number of hydrogen-bond acceptors (Lipinski definition) is 2. The largest absolute Gasteiger partial charge is 0.481 e. The van der Waals surface area contributed by atoms with Crippen molar-refractivity contribution in [2.75, 3.05) is 11.9 Å². The van der Waals surface area contributed by atoms with E-state index in [1.807, 2.05) is 19.9 Å². The van der Waals surface area contributed by atoms with E-state index >= 15 is 0 Å². The normalized spacial score (nSPS) is 15.0. The molecule has 0 saturated heterocycles. The van der Waals surface area contributed by atoms with Crippen LogP contribution in [-0.2, 0) is 10.2 Å². The van der Waals surface area contributed by atoms with Crippen LogP contribution in [0.5, 0.6) is 0 Å². The first-order valence-corrected chi connectivity index (χ1v) is 6.96. The topological polar surface area (TPSA) is 78.4 Å². The van der Waals surface area contributed by atoms with Gasteiger partial charge in [-0.05, 0) is 44.4 Å². The third-order valence-corrected chi connectivity index (χ3v) is 3.63. The molecule has 21 heavy (non-hydrogen) atoms. The van der Waals surface area contributed by atoms with Gasteiger partial charge in [0.1, 0.15) is 0 Å². The lowest BCUT2D eigenvalue weighted by atomic mass is 9.96. The lowest BCUT2D eigenvalue weighted by Gasteiger charge is -2.11. The first-order chi connectivity index (χ1) is 9.94. The molecule has 3 N–H and O–H groups in total. The molecule has 0 atom stereocenters. The molecule has 0 aromatic heterocycles. The molecule has 0 unspecified atom stereocenters. The quantitative estimate of drug-likeness (QED) is 0.729. The van der Waals surface area contributed by atoms with Crippen molar-refractivity contribution in [2.45, 2.75) is 32.1 Å². The number of carboxylic acid groups (broad SMARTS) is 1. The van der Waals surface area contributed by atoms with Gasteiger partial charge in [0.25, 0.3) is 0 Å². The fourth-order valence-electron chi connectivity index (χ4n) is 2.15. The van der Waals surface area contributed by atoms with Crippen LogP contribution >= 0.6 is 0 Å². The maximum Gasteiger partial charge on any atom is 0.319 e. The number of carbonyl (C=O) groups excluding carboxylic acids is 1. The van der Waals surface area contributed by atoms with Crippen molar-refractivity contribution in [1.82, 2.24) is 5.32 Å². The van der Waals surface area contributed by atoms with Gasteiger partial charge >= 0.3 is 12.0 Å². The predicted octanol–water partition coefficient (Wildman–Crippen LogP) is 2.89. The van der Waals surface area contributed by atoms with E-state index in [4.69, 9.17) is 0 Å². The number of anilines is 1. The third-order valence-electron chi connectivity index (χ3n) is 3.63. The molecule has 0 heterocycles. The smallest absolute Gasteiger partial charge is 0.319 e. The summed E-state index contributed by atoms with van der Waals surface area (Å²) in [6.07, 6.45) is 3.28. The molecular formula is C16H20N2O3. The zero-order valence-electron chi connectivity index (χ0n) is 12.3. The summed E-state index contributed by atoms with van der Waals surface area (Å²) < 4.78 is 0. The van der Waals surface area contributed by atoms with Gasteiger partial charge in [-0.2, -0.15) is 0 Å². The van der Waals surface area contributed by atoms with E-state index in [0.717, 1.165) is 11.1 Å². The van der Waals surface area contributed by atoms with Gasteiger partial charge in [0.05, 0.1) is 5.41 Å².